The Balaban J connectivity index is 0.00000312. The van der Waals surface area contributed by atoms with Crippen molar-refractivity contribution in [1.82, 2.24) is 15.5 Å². The molecule has 25 heavy (non-hydrogen) atoms. The highest BCUT2D eigenvalue weighted by Gasteiger charge is 2.34. The molecule has 148 valence electrons. The van der Waals surface area contributed by atoms with E-state index in [0.29, 0.717) is 13.2 Å². The van der Waals surface area contributed by atoms with E-state index < -0.39 is 0 Å². The maximum atomic E-state index is 9.33. The Bertz CT molecular complexity index is 389. The van der Waals surface area contributed by atoms with Gasteiger partial charge in [0.25, 0.3) is 0 Å². The SMILES string of the molecule is CCNC(=NCC1(CCO)CCOC1)NCCN1CCCC(C)C1.I. The van der Waals surface area contributed by atoms with E-state index >= 15 is 0 Å². The zero-order valence-electron chi connectivity index (χ0n) is 15.9. The van der Waals surface area contributed by atoms with E-state index in [4.69, 9.17) is 9.73 Å². The van der Waals surface area contributed by atoms with Crippen LogP contribution in [0.2, 0.25) is 0 Å². The first-order chi connectivity index (χ1) is 11.7. The highest BCUT2D eigenvalue weighted by atomic mass is 127. The Kier molecular flexibility index (Phi) is 11.3. The van der Waals surface area contributed by atoms with E-state index in [-0.39, 0.29) is 36.0 Å². The predicted molar refractivity (Wildman–Crippen MR) is 114 cm³/mol. The van der Waals surface area contributed by atoms with E-state index in [1.807, 2.05) is 0 Å². The molecule has 3 N–H and O–H groups in total. The van der Waals surface area contributed by atoms with Crippen LogP contribution in [0.3, 0.4) is 0 Å². The molecule has 2 aliphatic heterocycles. The fourth-order valence-corrected chi connectivity index (χ4v) is 3.70. The largest absolute Gasteiger partial charge is 0.396 e. The van der Waals surface area contributed by atoms with Gasteiger partial charge < -0.3 is 25.4 Å². The van der Waals surface area contributed by atoms with Gasteiger partial charge in [-0.15, -0.1) is 24.0 Å². The number of ether oxygens (including phenoxy) is 1. The van der Waals surface area contributed by atoms with Gasteiger partial charge in [-0.1, -0.05) is 6.92 Å². The normalized spacial score (nSPS) is 27.8. The third-order valence-corrected chi connectivity index (χ3v) is 5.21. The molecule has 0 bridgehead atoms. The van der Waals surface area contributed by atoms with E-state index in [0.717, 1.165) is 51.0 Å². The fraction of sp³-hybridized carbons (Fsp3) is 0.944. The molecule has 2 atom stereocenters. The molecule has 0 aromatic heterocycles. The van der Waals surface area contributed by atoms with Crippen molar-refractivity contribution in [1.29, 1.82) is 0 Å². The van der Waals surface area contributed by atoms with Crippen LogP contribution in [0.15, 0.2) is 4.99 Å². The number of aliphatic hydroxyl groups is 1. The third kappa shape index (κ3) is 7.97. The molecular formula is C18H37IN4O2. The van der Waals surface area contributed by atoms with Gasteiger partial charge in [0, 0.05) is 44.8 Å². The van der Waals surface area contributed by atoms with Gasteiger partial charge in [0.05, 0.1) is 13.2 Å². The van der Waals surface area contributed by atoms with E-state index in [1.54, 1.807) is 0 Å². The number of halogens is 1. The van der Waals surface area contributed by atoms with E-state index in [9.17, 15) is 5.11 Å². The van der Waals surface area contributed by atoms with E-state index in [2.05, 4.69) is 29.4 Å². The van der Waals surface area contributed by atoms with Crippen LogP contribution in [0.5, 0.6) is 0 Å². The first kappa shape index (κ1) is 22.9. The summed E-state index contributed by atoms with van der Waals surface area (Å²) in [7, 11) is 0. The summed E-state index contributed by atoms with van der Waals surface area (Å²) in [6.45, 7) is 12.1. The van der Waals surface area contributed by atoms with Crippen molar-refractivity contribution < 1.29 is 9.84 Å². The zero-order valence-corrected chi connectivity index (χ0v) is 18.3. The minimum atomic E-state index is 0. The van der Waals surface area contributed by atoms with Crippen molar-refractivity contribution in [3.8, 4) is 0 Å². The second kappa shape index (κ2) is 12.3. The number of aliphatic imine (C=N–C) groups is 1. The minimum absolute atomic E-state index is 0. The summed E-state index contributed by atoms with van der Waals surface area (Å²) in [5, 5.41) is 16.1. The summed E-state index contributed by atoms with van der Waals surface area (Å²) in [6, 6.07) is 0. The lowest BCUT2D eigenvalue weighted by Gasteiger charge is -2.31. The molecule has 0 amide bonds. The Morgan fingerprint density at radius 2 is 2.24 bits per heavy atom. The van der Waals surface area contributed by atoms with Crippen LogP contribution in [0.4, 0.5) is 0 Å². The second-order valence-corrected chi connectivity index (χ2v) is 7.45. The average molecular weight is 468 g/mol. The fourth-order valence-electron chi connectivity index (χ4n) is 3.70. The van der Waals surface area contributed by atoms with E-state index in [1.165, 1.54) is 25.9 Å². The summed E-state index contributed by atoms with van der Waals surface area (Å²) < 4.78 is 5.55. The number of guanidine groups is 1. The van der Waals surface area contributed by atoms with Gasteiger partial charge in [0.2, 0.25) is 0 Å². The van der Waals surface area contributed by atoms with Crippen LogP contribution in [0.1, 0.15) is 39.5 Å². The highest BCUT2D eigenvalue weighted by molar-refractivity contribution is 14.0. The van der Waals surface area contributed by atoms with Gasteiger partial charge in [-0.25, -0.2) is 0 Å². The maximum Gasteiger partial charge on any atom is 0.191 e. The van der Waals surface area contributed by atoms with Crippen LogP contribution >= 0.6 is 24.0 Å². The third-order valence-electron chi connectivity index (χ3n) is 5.21. The van der Waals surface area contributed by atoms with Gasteiger partial charge in [-0.2, -0.15) is 0 Å². The van der Waals surface area contributed by atoms with Crippen LogP contribution in [-0.4, -0.2) is 75.1 Å². The quantitative estimate of drug-likeness (QED) is 0.288. The Labute approximate surface area is 170 Å². The number of likely N-dealkylation sites (tertiary alicyclic amines) is 1. The van der Waals surface area contributed by atoms with Crippen molar-refractivity contribution in [2.75, 3.05) is 59.1 Å². The molecule has 2 unspecified atom stereocenters. The number of nitrogens with one attached hydrogen (secondary N) is 2. The Morgan fingerprint density at radius 1 is 1.40 bits per heavy atom. The molecule has 0 radical (unpaired) electrons. The summed E-state index contributed by atoms with van der Waals surface area (Å²) >= 11 is 0. The molecule has 2 saturated heterocycles. The molecular weight excluding hydrogens is 431 g/mol. The van der Waals surface area contributed by atoms with Crippen LogP contribution in [0, 0.1) is 11.3 Å². The highest BCUT2D eigenvalue weighted by Crippen LogP contribution is 2.32. The molecule has 2 heterocycles. The molecule has 6 nitrogen and oxygen atoms in total. The van der Waals surface area contributed by atoms with Gasteiger partial charge in [0.1, 0.15) is 0 Å². The Hall–Kier alpha value is -0.120. The van der Waals surface area contributed by atoms with Crippen LogP contribution < -0.4 is 10.6 Å². The lowest BCUT2D eigenvalue weighted by molar-refractivity contribution is 0.131. The van der Waals surface area contributed by atoms with Crippen molar-refractivity contribution in [2.24, 2.45) is 16.3 Å². The van der Waals surface area contributed by atoms with Gasteiger partial charge in [-0.05, 0) is 45.1 Å². The molecule has 0 spiro atoms. The zero-order chi connectivity index (χ0) is 17.3. The van der Waals surface area contributed by atoms with Crippen molar-refractivity contribution in [2.45, 2.75) is 39.5 Å². The van der Waals surface area contributed by atoms with Gasteiger partial charge >= 0.3 is 0 Å². The molecule has 7 heteroatoms. The minimum Gasteiger partial charge on any atom is -0.396 e. The monoisotopic (exact) mass is 468 g/mol. The first-order valence-corrected chi connectivity index (χ1v) is 9.60. The van der Waals surface area contributed by atoms with Gasteiger partial charge in [0.15, 0.2) is 5.96 Å². The number of aliphatic hydroxyl groups excluding tert-OH is 1. The first-order valence-electron chi connectivity index (χ1n) is 9.60. The Morgan fingerprint density at radius 3 is 2.88 bits per heavy atom. The number of rotatable bonds is 8. The average Bonchev–Trinajstić information content (AvgIpc) is 3.02. The summed E-state index contributed by atoms with van der Waals surface area (Å²) in [4.78, 5) is 7.31. The summed E-state index contributed by atoms with van der Waals surface area (Å²) in [5.41, 5.74) is 0.0133. The molecule has 0 aliphatic carbocycles. The van der Waals surface area contributed by atoms with Crippen molar-refractivity contribution >= 4 is 29.9 Å². The summed E-state index contributed by atoms with van der Waals surface area (Å²) in [5.74, 6) is 1.70. The lowest BCUT2D eigenvalue weighted by Crippen LogP contribution is -2.44. The lowest BCUT2D eigenvalue weighted by atomic mass is 9.84. The molecule has 2 rings (SSSR count). The molecule has 0 aromatic rings. The van der Waals surface area contributed by atoms with Crippen LogP contribution in [-0.2, 0) is 4.74 Å². The number of piperidine rings is 1. The van der Waals surface area contributed by atoms with Crippen molar-refractivity contribution in [3.63, 3.8) is 0 Å². The molecule has 0 saturated carbocycles. The van der Waals surface area contributed by atoms with Gasteiger partial charge in [-0.3, -0.25) is 4.99 Å². The maximum absolute atomic E-state index is 9.33. The topological polar surface area (TPSA) is 69.1 Å². The number of hydrogen-bond donors (Lipinski definition) is 3. The molecule has 0 aromatic carbocycles. The predicted octanol–water partition coefficient (Wildman–Crippen LogP) is 1.68. The standard InChI is InChI=1S/C18H36N4O2.HI/c1-3-19-17(20-8-10-22-9-4-5-16(2)13-22)21-14-18(6-11-23)7-12-24-15-18;/h16,23H,3-15H2,1-2H3,(H2,19,20,21);1H. The number of nitrogens with zero attached hydrogens (tertiary/aromatic N) is 2. The molecule has 2 aliphatic rings. The summed E-state index contributed by atoms with van der Waals surface area (Å²) in [6.07, 6.45) is 4.44. The second-order valence-electron chi connectivity index (χ2n) is 7.45. The van der Waals surface area contributed by atoms with Crippen molar-refractivity contribution in [3.05, 3.63) is 0 Å². The number of hydrogen-bond acceptors (Lipinski definition) is 4. The van der Waals surface area contributed by atoms with Crippen LogP contribution in [0.25, 0.3) is 0 Å². The smallest absolute Gasteiger partial charge is 0.191 e. The molecule has 2 fully saturated rings.